The van der Waals surface area contributed by atoms with Gasteiger partial charge < -0.3 is 23.7 Å². The van der Waals surface area contributed by atoms with Crippen LogP contribution in [-0.2, 0) is 11.3 Å². The predicted molar refractivity (Wildman–Crippen MR) is 196 cm³/mol. The summed E-state index contributed by atoms with van der Waals surface area (Å²) >= 11 is 0. The Kier molecular flexibility index (Phi) is 20.5. The van der Waals surface area contributed by atoms with E-state index in [0.717, 1.165) is 29.9 Å². The summed E-state index contributed by atoms with van der Waals surface area (Å²) in [5.41, 5.74) is 1.50. The SMILES string of the molecule is CCCCCCCCCCCCCCCCCCOc1ccc(OCCCOc2ccc(OCc3ccccc3)cc2)c(C(=O)OC)c1. The zero-order valence-corrected chi connectivity index (χ0v) is 29.7. The van der Waals surface area contributed by atoms with Gasteiger partial charge in [-0.05, 0) is 54.4 Å². The molecule has 0 radical (unpaired) electrons. The molecule has 3 aromatic rings. The van der Waals surface area contributed by atoms with Gasteiger partial charge in [-0.1, -0.05) is 134 Å². The second kappa shape index (κ2) is 25.4. The van der Waals surface area contributed by atoms with Crippen molar-refractivity contribution in [3.8, 4) is 23.0 Å². The molecule has 0 aromatic heterocycles. The van der Waals surface area contributed by atoms with Crippen molar-refractivity contribution in [2.45, 2.75) is 123 Å². The molecule has 0 atom stereocenters. The van der Waals surface area contributed by atoms with Crippen LogP contribution in [0.3, 0.4) is 0 Å². The number of unbranched alkanes of at least 4 members (excludes halogenated alkanes) is 15. The lowest BCUT2D eigenvalue weighted by Crippen LogP contribution is -2.09. The lowest BCUT2D eigenvalue weighted by Gasteiger charge is -2.13. The highest BCUT2D eigenvalue weighted by Crippen LogP contribution is 2.26. The van der Waals surface area contributed by atoms with Crippen molar-refractivity contribution in [3.63, 3.8) is 0 Å². The van der Waals surface area contributed by atoms with Crippen molar-refractivity contribution in [1.29, 1.82) is 0 Å². The van der Waals surface area contributed by atoms with Gasteiger partial charge in [-0.3, -0.25) is 0 Å². The lowest BCUT2D eigenvalue weighted by atomic mass is 10.0. The molecular formula is C42H60O6. The maximum Gasteiger partial charge on any atom is 0.341 e. The van der Waals surface area contributed by atoms with E-state index in [1.165, 1.54) is 97.0 Å². The average Bonchev–Trinajstić information content (AvgIpc) is 3.12. The number of carbonyl (C=O) groups excluding carboxylic acids is 1. The van der Waals surface area contributed by atoms with E-state index >= 15 is 0 Å². The summed E-state index contributed by atoms with van der Waals surface area (Å²) in [6.07, 6.45) is 22.1. The quantitative estimate of drug-likeness (QED) is 0.0570. The molecule has 6 nitrogen and oxygen atoms in total. The number of esters is 1. The van der Waals surface area contributed by atoms with Crippen LogP contribution >= 0.6 is 0 Å². The first-order valence-electron chi connectivity index (χ1n) is 18.6. The van der Waals surface area contributed by atoms with Crippen LogP contribution in [0.25, 0.3) is 0 Å². The van der Waals surface area contributed by atoms with Gasteiger partial charge in [-0.25, -0.2) is 4.79 Å². The monoisotopic (exact) mass is 660 g/mol. The third kappa shape index (κ3) is 16.9. The Morgan fingerprint density at radius 3 is 1.56 bits per heavy atom. The maximum absolute atomic E-state index is 12.5. The summed E-state index contributed by atoms with van der Waals surface area (Å²) in [6, 6.07) is 23.0. The maximum atomic E-state index is 12.5. The predicted octanol–water partition coefficient (Wildman–Crippen LogP) is 11.5. The summed E-state index contributed by atoms with van der Waals surface area (Å²) in [5, 5.41) is 0. The van der Waals surface area contributed by atoms with Crippen molar-refractivity contribution < 1.29 is 28.5 Å². The van der Waals surface area contributed by atoms with Crippen LogP contribution in [0.15, 0.2) is 72.8 Å². The Morgan fingerprint density at radius 1 is 0.500 bits per heavy atom. The van der Waals surface area contributed by atoms with E-state index in [0.29, 0.717) is 49.9 Å². The van der Waals surface area contributed by atoms with E-state index in [9.17, 15) is 4.79 Å². The van der Waals surface area contributed by atoms with E-state index < -0.39 is 5.97 Å². The molecule has 0 aliphatic carbocycles. The first-order valence-corrected chi connectivity index (χ1v) is 18.6. The fourth-order valence-corrected chi connectivity index (χ4v) is 5.64. The third-order valence-electron chi connectivity index (χ3n) is 8.51. The zero-order chi connectivity index (χ0) is 33.9. The molecule has 0 aliphatic rings. The number of ether oxygens (including phenoxy) is 5. The molecule has 48 heavy (non-hydrogen) atoms. The molecule has 0 bridgehead atoms. The minimum absolute atomic E-state index is 0.369. The molecule has 264 valence electrons. The Balaban J connectivity index is 1.22. The Bertz CT molecular complexity index is 1230. The van der Waals surface area contributed by atoms with Gasteiger partial charge in [-0.15, -0.1) is 0 Å². The van der Waals surface area contributed by atoms with E-state index in [2.05, 4.69) is 6.92 Å². The van der Waals surface area contributed by atoms with Crippen molar-refractivity contribution in [3.05, 3.63) is 83.9 Å². The third-order valence-corrected chi connectivity index (χ3v) is 8.51. The molecular weight excluding hydrogens is 600 g/mol. The Hall–Kier alpha value is -3.67. The fourth-order valence-electron chi connectivity index (χ4n) is 5.64. The normalized spacial score (nSPS) is 10.9. The summed E-state index contributed by atoms with van der Waals surface area (Å²) in [6.45, 7) is 4.33. The molecule has 3 rings (SSSR count). The smallest absolute Gasteiger partial charge is 0.341 e. The van der Waals surface area contributed by atoms with Crippen LogP contribution in [0.5, 0.6) is 23.0 Å². The number of carbonyl (C=O) groups is 1. The fraction of sp³-hybridized carbons (Fsp3) is 0.548. The van der Waals surface area contributed by atoms with E-state index in [4.69, 9.17) is 23.7 Å². The summed E-state index contributed by atoms with van der Waals surface area (Å²) < 4.78 is 28.6. The minimum Gasteiger partial charge on any atom is -0.494 e. The van der Waals surface area contributed by atoms with Gasteiger partial charge in [0.15, 0.2) is 0 Å². The summed E-state index contributed by atoms with van der Waals surface area (Å²) in [5.74, 6) is 2.26. The van der Waals surface area contributed by atoms with E-state index in [1.807, 2.05) is 60.7 Å². The van der Waals surface area contributed by atoms with Crippen LogP contribution in [0.2, 0.25) is 0 Å². The Morgan fingerprint density at radius 2 is 0.979 bits per heavy atom. The highest BCUT2D eigenvalue weighted by molar-refractivity contribution is 5.93. The number of methoxy groups -OCH3 is 1. The van der Waals surface area contributed by atoms with Gasteiger partial charge in [0.1, 0.15) is 35.2 Å². The van der Waals surface area contributed by atoms with Gasteiger partial charge in [0.2, 0.25) is 0 Å². The van der Waals surface area contributed by atoms with Crippen molar-refractivity contribution in [2.24, 2.45) is 0 Å². The first kappa shape index (κ1) is 38.8. The number of benzene rings is 3. The minimum atomic E-state index is -0.441. The first-order chi connectivity index (χ1) is 23.7. The van der Waals surface area contributed by atoms with Crippen molar-refractivity contribution >= 4 is 5.97 Å². The van der Waals surface area contributed by atoms with Gasteiger partial charge in [0, 0.05) is 6.42 Å². The Labute approximate surface area is 290 Å². The molecule has 0 aliphatic heterocycles. The summed E-state index contributed by atoms with van der Waals surface area (Å²) in [4.78, 5) is 12.5. The van der Waals surface area contributed by atoms with Gasteiger partial charge in [-0.2, -0.15) is 0 Å². The number of hydrogen-bond donors (Lipinski definition) is 0. The van der Waals surface area contributed by atoms with E-state index in [-0.39, 0.29) is 0 Å². The van der Waals surface area contributed by atoms with E-state index in [1.54, 1.807) is 12.1 Å². The molecule has 6 heteroatoms. The van der Waals surface area contributed by atoms with Crippen molar-refractivity contribution in [2.75, 3.05) is 26.9 Å². The van der Waals surface area contributed by atoms with Crippen molar-refractivity contribution in [1.82, 2.24) is 0 Å². The second-order valence-corrected chi connectivity index (χ2v) is 12.6. The molecule has 0 fully saturated rings. The molecule has 0 saturated carbocycles. The van der Waals surface area contributed by atoms with Crippen LogP contribution in [0.4, 0.5) is 0 Å². The topological polar surface area (TPSA) is 63.2 Å². The zero-order valence-electron chi connectivity index (χ0n) is 29.7. The second-order valence-electron chi connectivity index (χ2n) is 12.6. The van der Waals surface area contributed by atoms with Crippen LogP contribution in [0.1, 0.15) is 132 Å². The molecule has 3 aromatic carbocycles. The van der Waals surface area contributed by atoms with Crippen LogP contribution < -0.4 is 18.9 Å². The summed E-state index contributed by atoms with van der Waals surface area (Å²) in [7, 11) is 1.38. The standard InChI is InChI=1S/C42H60O6/c1-3-4-5-6-7-8-9-10-11-12-13-14-15-16-17-21-31-46-39-29-30-41(40(34-39)42(43)44-2)47-33-22-32-45-37-25-27-38(28-26-37)48-35-36-23-19-18-20-24-36/h18-20,23-30,34H,3-17,21-22,31-33,35H2,1-2H3. The van der Waals surface area contributed by atoms with Crippen LogP contribution in [-0.4, -0.2) is 32.9 Å². The molecule has 0 unspecified atom stereocenters. The van der Waals surface area contributed by atoms with Gasteiger partial charge in [0.05, 0.1) is 26.9 Å². The molecule has 0 amide bonds. The number of hydrogen-bond acceptors (Lipinski definition) is 6. The van der Waals surface area contributed by atoms with Gasteiger partial charge in [0.25, 0.3) is 0 Å². The average molecular weight is 661 g/mol. The molecule has 0 saturated heterocycles. The molecule has 0 heterocycles. The lowest BCUT2D eigenvalue weighted by molar-refractivity contribution is 0.0595. The molecule has 0 spiro atoms. The van der Waals surface area contributed by atoms with Crippen LogP contribution in [0, 0.1) is 0 Å². The highest BCUT2D eigenvalue weighted by Gasteiger charge is 2.15. The molecule has 0 N–H and O–H groups in total. The highest BCUT2D eigenvalue weighted by atomic mass is 16.5. The number of rotatable bonds is 28. The van der Waals surface area contributed by atoms with Gasteiger partial charge >= 0.3 is 5.97 Å². The largest absolute Gasteiger partial charge is 0.494 e.